The van der Waals surface area contributed by atoms with Gasteiger partial charge in [0.05, 0.1) is 10.0 Å². The Morgan fingerprint density at radius 3 is 1.62 bits per heavy atom. The van der Waals surface area contributed by atoms with E-state index in [0.29, 0.717) is 0 Å². The summed E-state index contributed by atoms with van der Waals surface area (Å²) < 4.78 is 11.3. The molecule has 1 aromatic carbocycles. The van der Waals surface area contributed by atoms with E-state index in [1.165, 1.54) is 12.1 Å². The van der Waals surface area contributed by atoms with Crippen LogP contribution in [-0.4, -0.2) is 36.1 Å². The van der Waals surface area contributed by atoms with Crippen LogP contribution in [0.4, 0.5) is 0 Å². The third kappa shape index (κ3) is 5.17. The zero-order valence-corrected chi connectivity index (χ0v) is 16.2. The van der Waals surface area contributed by atoms with Crippen molar-refractivity contribution < 1.29 is 19.1 Å². The van der Waals surface area contributed by atoms with E-state index in [9.17, 15) is 9.59 Å². The summed E-state index contributed by atoms with van der Waals surface area (Å²) in [6.45, 7) is 3.30. The number of hydrogen-bond donors (Lipinski definition) is 2. The fraction of sp³-hybridized carbons (Fsp3) is 0.556. The Balaban J connectivity index is 1.65. The zero-order valence-electron chi connectivity index (χ0n) is 14.7. The van der Waals surface area contributed by atoms with Gasteiger partial charge in [0, 0.05) is 18.2 Å². The number of amides is 2. The summed E-state index contributed by atoms with van der Waals surface area (Å²) in [5.74, 6) is 0.162. The zero-order chi connectivity index (χ0) is 18.8. The summed E-state index contributed by atoms with van der Waals surface area (Å²) in [4.78, 5) is 24.1. The van der Waals surface area contributed by atoms with Crippen molar-refractivity contribution in [2.45, 2.75) is 63.8 Å². The number of carbonyl (C=O) groups excluding carboxylic acids is 2. The third-order valence-corrected chi connectivity index (χ3v) is 4.77. The number of ether oxygens (including phenoxy) is 2. The Morgan fingerprint density at radius 2 is 1.27 bits per heavy atom. The number of halogens is 2. The van der Waals surface area contributed by atoms with Gasteiger partial charge < -0.3 is 20.1 Å². The summed E-state index contributed by atoms with van der Waals surface area (Å²) in [7, 11) is 0. The fourth-order valence-electron chi connectivity index (χ4n) is 2.27. The number of rotatable bonds is 8. The lowest BCUT2D eigenvalue weighted by Crippen LogP contribution is -2.38. The maximum Gasteiger partial charge on any atom is 0.260 e. The van der Waals surface area contributed by atoms with E-state index >= 15 is 0 Å². The minimum atomic E-state index is -0.710. The second-order valence-electron chi connectivity index (χ2n) is 6.80. The van der Waals surface area contributed by atoms with E-state index in [1.807, 2.05) is 0 Å². The number of carbonyl (C=O) groups is 2. The molecule has 1 aromatic rings. The van der Waals surface area contributed by atoms with Crippen molar-refractivity contribution in [1.82, 2.24) is 10.6 Å². The molecule has 2 amide bonds. The first-order chi connectivity index (χ1) is 12.3. The molecule has 0 saturated heterocycles. The van der Waals surface area contributed by atoms with Crippen LogP contribution >= 0.6 is 23.2 Å². The van der Waals surface area contributed by atoms with Crippen LogP contribution in [0.5, 0.6) is 11.5 Å². The van der Waals surface area contributed by atoms with Gasteiger partial charge >= 0.3 is 0 Å². The Kier molecular flexibility index (Phi) is 5.82. The molecule has 2 N–H and O–H groups in total. The van der Waals surface area contributed by atoms with Crippen LogP contribution in [-0.2, 0) is 9.59 Å². The van der Waals surface area contributed by atoms with Crippen molar-refractivity contribution in [3.8, 4) is 11.5 Å². The summed E-state index contributed by atoms with van der Waals surface area (Å²) in [6, 6.07) is 3.48. The topological polar surface area (TPSA) is 76.7 Å². The molecule has 0 bridgehead atoms. The van der Waals surface area contributed by atoms with Gasteiger partial charge in [-0.3, -0.25) is 9.59 Å². The predicted molar refractivity (Wildman–Crippen MR) is 99.0 cm³/mol. The Morgan fingerprint density at radius 1 is 0.885 bits per heavy atom. The van der Waals surface area contributed by atoms with Crippen LogP contribution in [0.1, 0.15) is 39.5 Å². The SMILES string of the molecule is C[C@H](Oc1cc(O[C@@H](C)C(=O)NC2CC2)c(Cl)cc1Cl)C(=O)NC1CC1. The normalized spacial score (nSPS) is 18.6. The molecule has 2 atom stereocenters. The molecule has 0 aliphatic heterocycles. The molecule has 8 heteroatoms. The largest absolute Gasteiger partial charge is 0.479 e. The lowest BCUT2D eigenvalue weighted by atomic mass is 10.3. The maximum atomic E-state index is 12.0. The molecule has 2 fully saturated rings. The first-order valence-corrected chi connectivity index (χ1v) is 9.52. The molecule has 0 aromatic heterocycles. The van der Waals surface area contributed by atoms with Crippen LogP contribution in [0, 0.1) is 0 Å². The van der Waals surface area contributed by atoms with Crippen LogP contribution < -0.4 is 20.1 Å². The molecule has 6 nitrogen and oxygen atoms in total. The highest BCUT2D eigenvalue weighted by Crippen LogP contribution is 2.37. The van der Waals surface area contributed by atoms with Gasteiger partial charge in [0.15, 0.2) is 12.2 Å². The second-order valence-corrected chi connectivity index (χ2v) is 7.61. The van der Waals surface area contributed by atoms with E-state index in [-0.39, 0.29) is 45.4 Å². The van der Waals surface area contributed by atoms with Crippen molar-refractivity contribution in [3.05, 3.63) is 22.2 Å². The average molecular weight is 401 g/mol. The monoisotopic (exact) mass is 400 g/mol. The van der Waals surface area contributed by atoms with Gasteiger partial charge in [-0.1, -0.05) is 23.2 Å². The van der Waals surface area contributed by atoms with Crippen molar-refractivity contribution >= 4 is 35.0 Å². The maximum absolute atomic E-state index is 12.0. The van der Waals surface area contributed by atoms with E-state index in [0.717, 1.165) is 25.7 Å². The Labute approximate surface area is 162 Å². The molecule has 26 heavy (non-hydrogen) atoms. The van der Waals surface area contributed by atoms with Gasteiger partial charge in [-0.25, -0.2) is 0 Å². The molecule has 0 unspecified atom stereocenters. The van der Waals surface area contributed by atoms with Crippen molar-refractivity contribution in [3.63, 3.8) is 0 Å². The minimum absolute atomic E-state index is 0.196. The smallest absolute Gasteiger partial charge is 0.260 e. The summed E-state index contributed by atoms with van der Waals surface area (Å²) in [6.07, 6.45) is 2.57. The molecule has 3 rings (SSSR count). The summed E-state index contributed by atoms with van der Waals surface area (Å²) >= 11 is 12.3. The number of hydrogen-bond acceptors (Lipinski definition) is 4. The van der Waals surface area contributed by atoms with Crippen molar-refractivity contribution in [2.24, 2.45) is 0 Å². The molecular weight excluding hydrogens is 379 g/mol. The first kappa shape index (κ1) is 19.1. The minimum Gasteiger partial charge on any atom is -0.479 e. The highest BCUT2D eigenvalue weighted by molar-refractivity contribution is 6.36. The lowest BCUT2D eigenvalue weighted by Gasteiger charge is -2.19. The van der Waals surface area contributed by atoms with Gasteiger partial charge in [-0.2, -0.15) is 0 Å². The second kappa shape index (κ2) is 7.92. The molecule has 0 spiro atoms. The van der Waals surface area contributed by atoms with Crippen LogP contribution in [0.3, 0.4) is 0 Å². The van der Waals surface area contributed by atoms with Crippen LogP contribution in [0.25, 0.3) is 0 Å². The molecule has 0 heterocycles. The molecule has 2 aliphatic rings. The number of benzene rings is 1. The van der Waals surface area contributed by atoms with Gasteiger partial charge in [0.25, 0.3) is 11.8 Å². The summed E-state index contributed by atoms with van der Waals surface area (Å²) in [5.41, 5.74) is 0. The van der Waals surface area contributed by atoms with Crippen molar-refractivity contribution in [1.29, 1.82) is 0 Å². The Hall–Kier alpha value is -1.66. The number of nitrogens with one attached hydrogen (secondary N) is 2. The molecule has 2 saturated carbocycles. The molecular formula is C18H22Cl2N2O4. The average Bonchev–Trinajstić information content (AvgIpc) is 3.48. The fourth-order valence-corrected chi connectivity index (χ4v) is 2.74. The Bertz CT molecular complexity index is 649. The standard InChI is InChI=1S/C18H22Cl2N2O4/c1-9(17(23)21-11-3-4-11)25-15-8-16(14(20)7-13(15)19)26-10(2)18(24)22-12-5-6-12/h7-12H,3-6H2,1-2H3,(H,21,23)(H,22,24)/t9-,10-/m0/s1. The van der Waals surface area contributed by atoms with Crippen molar-refractivity contribution in [2.75, 3.05) is 0 Å². The van der Waals surface area contributed by atoms with E-state index in [2.05, 4.69) is 10.6 Å². The predicted octanol–water partition coefficient (Wildman–Crippen LogP) is 3.09. The van der Waals surface area contributed by atoms with Gasteiger partial charge in [-0.15, -0.1) is 0 Å². The van der Waals surface area contributed by atoms with E-state index in [1.54, 1.807) is 13.8 Å². The van der Waals surface area contributed by atoms with E-state index in [4.69, 9.17) is 32.7 Å². The van der Waals surface area contributed by atoms with Crippen LogP contribution in [0.2, 0.25) is 10.0 Å². The highest BCUT2D eigenvalue weighted by atomic mass is 35.5. The van der Waals surface area contributed by atoms with Gasteiger partial charge in [0.1, 0.15) is 11.5 Å². The first-order valence-electron chi connectivity index (χ1n) is 8.76. The highest BCUT2D eigenvalue weighted by Gasteiger charge is 2.28. The van der Waals surface area contributed by atoms with E-state index < -0.39 is 12.2 Å². The van der Waals surface area contributed by atoms with Crippen LogP contribution in [0.15, 0.2) is 12.1 Å². The lowest BCUT2D eigenvalue weighted by molar-refractivity contribution is -0.127. The quantitative estimate of drug-likeness (QED) is 0.702. The van der Waals surface area contributed by atoms with Gasteiger partial charge in [0.2, 0.25) is 0 Å². The molecule has 0 radical (unpaired) electrons. The third-order valence-electron chi connectivity index (χ3n) is 4.18. The molecule has 2 aliphatic carbocycles. The summed E-state index contributed by atoms with van der Waals surface area (Å²) in [5, 5.41) is 6.28. The van der Waals surface area contributed by atoms with Gasteiger partial charge in [-0.05, 0) is 45.6 Å². The molecule has 142 valence electrons.